The quantitative estimate of drug-likeness (QED) is 0.427. The summed E-state index contributed by atoms with van der Waals surface area (Å²) in [6.45, 7) is 4.26. The summed E-state index contributed by atoms with van der Waals surface area (Å²) in [6.07, 6.45) is 1.68. The Labute approximate surface area is 49.5 Å². The van der Waals surface area contributed by atoms with Crippen molar-refractivity contribution in [2.24, 2.45) is 10.9 Å². The standard InChI is InChI=1S/C5H12N2O/c1-5(2)8-7-4-3-6/h4-5H,3,6H2,1-2H3/b7-4+. The van der Waals surface area contributed by atoms with E-state index < -0.39 is 0 Å². The van der Waals surface area contributed by atoms with Crippen LogP contribution in [0.4, 0.5) is 0 Å². The van der Waals surface area contributed by atoms with Gasteiger partial charge in [0.15, 0.2) is 0 Å². The van der Waals surface area contributed by atoms with Gasteiger partial charge in [-0.2, -0.15) is 0 Å². The maximum absolute atomic E-state index is 5.09. The summed E-state index contributed by atoms with van der Waals surface area (Å²) in [5.74, 6) is 0. The van der Waals surface area contributed by atoms with Crippen molar-refractivity contribution in [2.45, 2.75) is 20.0 Å². The van der Waals surface area contributed by atoms with Crippen molar-refractivity contribution >= 4 is 6.21 Å². The number of nitrogens with two attached hydrogens (primary N) is 1. The Balaban J connectivity index is 3.03. The van der Waals surface area contributed by atoms with Gasteiger partial charge in [-0.05, 0) is 13.8 Å². The Kier molecular flexibility index (Phi) is 4.26. The third-order valence-electron chi connectivity index (χ3n) is 0.452. The molecule has 0 aromatic rings. The van der Waals surface area contributed by atoms with Gasteiger partial charge < -0.3 is 10.6 Å². The van der Waals surface area contributed by atoms with Crippen molar-refractivity contribution in [1.82, 2.24) is 0 Å². The smallest absolute Gasteiger partial charge is 0.122 e. The highest BCUT2D eigenvalue weighted by molar-refractivity contribution is 5.58. The molecule has 0 rings (SSSR count). The molecule has 0 aromatic carbocycles. The van der Waals surface area contributed by atoms with Crippen LogP contribution in [0.25, 0.3) is 0 Å². The Bertz CT molecular complexity index is 70.8. The van der Waals surface area contributed by atoms with Crippen LogP contribution in [0.3, 0.4) is 0 Å². The maximum atomic E-state index is 5.09. The van der Waals surface area contributed by atoms with Gasteiger partial charge in [-0.1, -0.05) is 5.16 Å². The SMILES string of the molecule is CC(C)O/N=C/CN. The number of nitrogens with zero attached hydrogens (tertiary/aromatic N) is 1. The minimum Gasteiger partial charge on any atom is -0.393 e. The molecular weight excluding hydrogens is 104 g/mol. The van der Waals surface area contributed by atoms with Gasteiger partial charge in [0, 0.05) is 6.54 Å². The molecule has 0 bridgehead atoms. The first-order chi connectivity index (χ1) is 3.77. The van der Waals surface area contributed by atoms with E-state index in [4.69, 9.17) is 10.6 Å². The van der Waals surface area contributed by atoms with E-state index in [1.54, 1.807) is 0 Å². The lowest BCUT2D eigenvalue weighted by atomic mass is 10.5. The van der Waals surface area contributed by atoms with Crippen LogP contribution < -0.4 is 5.73 Å². The largest absolute Gasteiger partial charge is 0.393 e. The van der Waals surface area contributed by atoms with Crippen molar-refractivity contribution in [2.75, 3.05) is 6.54 Å². The highest BCUT2D eigenvalue weighted by Gasteiger charge is 1.84. The molecule has 0 atom stereocenters. The number of oxime groups is 1. The van der Waals surface area contributed by atoms with Crippen LogP contribution in [0.5, 0.6) is 0 Å². The van der Waals surface area contributed by atoms with E-state index in [2.05, 4.69) is 5.16 Å². The minimum atomic E-state index is 0.151. The molecule has 48 valence electrons. The van der Waals surface area contributed by atoms with Gasteiger partial charge in [0.1, 0.15) is 6.10 Å². The van der Waals surface area contributed by atoms with Crippen molar-refractivity contribution in [3.05, 3.63) is 0 Å². The van der Waals surface area contributed by atoms with Crippen molar-refractivity contribution in [1.29, 1.82) is 0 Å². The highest BCUT2D eigenvalue weighted by Crippen LogP contribution is 1.84. The van der Waals surface area contributed by atoms with Crippen LogP contribution in [0.15, 0.2) is 5.16 Å². The zero-order valence-electron chi connectivity index (χ0n) is 5.29. The lowest BCUT2D eigenvalue weighted by molar-refractivity contribution is 0.0870. The molecule has 0 saturated carbocycles. The van der Waals surface area contributed by atoms with Crippen LogP contribution in [-0.2, 0) is 4.84 Å². The van der Waals surface area contributed by atoms with Crippen LogP contribution in [0.2, 0.25) is 0 Å². The summed E-state index contributed by atoms with van der Waals surface area (Å²) in [7, 11) is 0. The molecule has 0 amide bonds. The molecule has 0 heterocycles. The first kappa shape index (κ1) is 7.43. The van der Waals surface area contributed by atoms with Crippen molar-refractivity contribution in [3.8, 4) is 0 Å². The van der Waals surface area contributed by atoms with E-state index >= 15 is 0 Å². The van der Waals surface area contributed by atoms with E-state index in [1.165, 1.54) is 6.21 Å². The lowest BCUT2D eigenvalue weighted by Crippen LogP contribution is -2.02. The van der Waals surface area contributed by atoms with Gasteiger partial charge in [-0.15, -0.1) is 0 Å². The fraction of sp³-hybridized carbons (Fsp3) is 0.800. The third-order valence-corrected chi connectivity index (χ3v) is 0.452. The molecule has 0 saturated heterocycles. The number of rotatable bonds is 3. The van der Waals surface area contributed by atoms with Crippen LogP contribution in [0, 0.1) is 0 Å². The summed E-state index contributed by atoms with van der Waals surface area (Å²) in [5, 5.41) is 3.54. The van der Waals surface area contributed by atoms with Gasteiger partial charge in [-0.25, -0.2) is 0 Å². The molecule has 0 aromatic heterocycles. The fourth-order valence-corrected chi connectivity index (χ4v) is 0.208. The van der Waals surface area contributed by atoms with E-state index in [0.29, 0.717) is 6.54 Å². The molecule has 0 radical (unpaired) electrons. The molecular formula is C5H12N2O. The first-order valence-electron chi connectivity index (χ1n) is 2.65. The molecule has 0 fully saturated rings. The highest BCUT2D eigenvalue weighted by atomic mass is 16.6. The Morgan fingerprint density at radius 2 is 2.38 bits per heavy atom. The topological polar surface area (TPSA) is 47.6 Å². The zero-order chi connectivity index (χ0) is 6.41. The number of hydrogen-bond acceptors (Lipinski definition) is 3. The van der Waals surface area contributed by atoms with Gasteiger partial charge in [0.2, 0.25) is 0 Å². The maximum Gasteiger partial charge on any atom is 0.122 e. The van der Waals surface area contributed by atoms with E-state index in [0.717, 1.165) is 0 Å². The second-order valence-corrected chi connectivity index (χ2v) is 1.68. The van der Waals surface area contributed by atoms with E-state index in [-0.39, 0.29) is 6.10 Å². The molecule has 0 aliphatic rings. The predicted molar refractivity (Wildman–Crippen MR) is 33.8 cm³/mol. The number of hydrogen-bond donors (Lipinski definition) is 1. The first-order valence-corrected chi connectivity index (χ1v) is 2.65. The van der Waals surface area contributed by atoms with Gasteiger partial charge in [0.05, 0.1) is 6.21 Å². The van der Waals surface area contributed by atoms with E-state index in [9.17, 15) is 0 Å². The molecule has 3 nitrogen and oxygen atoms in total. The second kappa shape index (κ2) is 4.59. The fourth-order valence-electron chi connectivity index (χ4n) is 0.208. The third kappa shape index (κ3) is 5.43. The summed E-state index contributed by atoms with van der Waals surface area (Å²) in [6, 6.07) is 0. The van der Waals surface area contributed by atoms with Crippen molar-refractivity contribution < 1.29 is 4.84 Å². The molecule has 0 unspecified atom stereocenters. The zero-order valence-corrected chi connectivity index (χ0v) is 5.29. The predicted octanol–water partition coefficient (Wildman–Crippen LogP) is 0.356. The average Bonchev–Trinajstić information content (AvgIpc) is 1.66. The summed E-state index contributed by atoms with van der Waals surface area (Å²) in [5.41, 5.74) is 5.09. The summed E-state index contributed by atoms with van der Waals surface area (Å²) < 4.78 is 0. The molecule has 3 heteroatoms. The van der Waals surface area contributed by atoms with Gasteiger partial charge in [0.25, 0.3) is 0 Å². The molecule has 0 aliphatic heterocycles. The monoisotopic (exact) mass is 116 g/mol. The van der Waals surface area contributed by atoms with Crippen molar-refractivity contribution in [3.63, 3.8) is 0 Å². The minimum absolute atomic E-state index is 0.151. The Hall–Kier alpha value is -0.570. The van der Waals surface area contributed by atoms with E-state index in [1.807, 2.05) is 13.8 Å². The van der Waals surface area contributed by atoms with Crippen LogP contribution in [-0.4, -0.2) is 18.9 Å². The molecule has 2 N–H and O–H groups in total. The molecule has 8 heavy (non-hydrogen) atoms. The Morgan fingerprint density at radius 3 is 2.75 bits per heavy atom. The average molecular weight is 116 g/mol. The van der Waals surface area contributed by atoms with Crippen LogP contribution >= 0.6 is 0 Å². The summed E-state index contributed by atoms with van der Waals surface area (Å²) in [4.78, 5) is 4.77. The van der Waals surface area contributed by atoms with Gasteiger partial charge >= 0.3 is 0 Å². The second-order valence-electron chi connectivity index (χ2n) is 1.68. The Morgan fingerprint density at radius 1 is 1.75 bits per heavy atom. The lowest BCUT2D eigenvalue weighted by Gasteiger charge is -1.98. The molecule has 0 spiro atoms. The van der Waals surface area contributed by atoms with Crippen LogP contribution in [0.1, 0.15) is 13.8 Å². The summed E-state index contributed by atoms with van der Waals surface area (Å²) >= 11 is 0. The normalized spacial score (nSPS) is 11.0. The molecule has 0 aliphatic carbocycles. The van der Waals surface area contributed by atoms with Gasteiger partial charge in [-0.3, -0.25) is 0 Å².